The minimum atomic E-state index is -4.94. The van der Waals surface area contributed by atoms with Crippen LogP contribution in [0.1, 0.15) is 54.1 Å². The third-order valence-corrected chi connectivity index (χ3v) is 5.20. The first-order valence-electron chi connectivity index (χ1n) is 9.45. The molecule has 0 bridgehead atoms. The van der Waals surface area contributed by atoms with E-state index in [4.69, 9.17) is 0 Å². The lowest BCUT2D eigenvalue weighted by molar-refractivity contribution is -0.143. The molecule has 1 saturated heterocycles. The summed E-state index contributed by atoms with van der Waals surface area (Å²) in [6.45, 7) is 1.45. The topological polar surface area (TPSA) is 41.1 Å². The zero-order valence-corrected chi connectivity index (χ0v) is 16.2. The van der Waals surface area contributed by atoms with E-state index in [0.29, 0.717) is 24.1 Å². The van der Waals surface area contributed by atoms with E-state index in [1.165, 1.54) is 31.2 Å². The Morgan fingerprint density at radius 1 is 0.968 bits per heavy atom. The zero-order valence-electron chi connectivity index (χ0n) is 16.2. The number of amides is 1. The number of piperidine rings is 1. The summed E-state index contributed by atoms with van der Waals surface area (Å²) in [4.78, 5) is 11.9. The van der Waals surface area contributed by atoms with Crippen LogP contribution >= 0.6 is 0 Å². The van der Waals surface area contributed by atoms with Crippen LogP contribution in [-0.4, -0.2) is 11.9 Å². The number of hydrogen-bond acceptors (Lipinski definition) is 2. The highest BCUT2D eigenvalue weighted by molar-refractivity contribution is 5.77. The molecule has 3 nitrogen and oxygen atoms in total. The SMILES string of the molecule is CC(N[C@H]1CCC(=O)N[C@H]1c1ccc(F)cc1)c1cc(C(F)(F)F)cc(C(F)(F)F)c1. The monoisotopic (exact) mass is 448 g/mol. The fourth-order valence-corrected chi connectivity index (χ4v) is 3.61. The first-order chi connectivity index (χ1) is 14.3. The summed E-state index contributed by atoms with van der Waals surface area (Å²) in [5.74, 6) is -0.731. The predicted octanol–water partition coefficient (Wildman–Crippen LogP) is 5.53. The zero-order chi connectivity index (χ0) is 23.0. The van der Waals surface area contributed by atoms with Crippen LogP contribution in [0, 0.1) is 5.82 Å². The van der Waals surface area contributed by atoms with Gasteiger partial charge in [0, 0.05) is 18.5 Å². The molecule has 0 radical (unpaired) electrons. The van der Waals surface area contributed by atoms with Crippen LogP contribution in [0.4, 0.5) is 30.7 Å². The molecule has 0 spiro atoms. The maximum atomic E-state index is 13.2. The maximum absolute atomic E-state index is 13.2. The molecule has 0 saturated carbocycles. The molecular formula is C21H19F7N2O. The Hall–Kier alpha value is -2.62. The van der Waals surface area contributed by atoms with Crippen molar-refractivity contribution >= 4 is 5.91 Å². The van der Waals surface area contributed by atoms with E-state index in [2.05, 4.69) is 10.6 Å². The van der Waals surface area contributed by atoms with Crippen molar-refractivity contribution in [2.45, 2.75) is 50.2 Å². The second-order valence-electron chi connectivity index (χ2n) is 7.47. The number of benzene rings is 2. The molecule has 1 heterocycles. The number of alkyl halides is 6. The van der Waals surface area contributed by atoms with Gasteiger partial charge in [-0.25, -0.2) is 4.39 Å². The van der Waals surface area contributed by atoms with Crippen molar-refractivity contribution in [1.82, 2.24) is 10.6 Å². The summed E-state index contributed by atoms with van der Waals surface area (Å²) in [5.41, 5.74) is -2.40. The van der Waals surface area contributed by atoms with Crippen LogP contribution < -0.4 is 10.6 Å². The van der Waals surface area contributed by atoms with Gasteiger partial charge >= 0.3 is 12.4 Å². The van der Waals surface area contributed by atoms with Crippen LogP contribution in [0.3, 0.4) is 0 Å². The van der Waals surface area contributed by atoms with Crippen molar-refractivity contribution in [2.24, 2.45) is 0 Å². The summed E-state index contributed by atoms with van der Waals surface area (Å²) in [7, 11) is 0. The third-order valence-electron chi connectivity index (χ3n) is 5.20. The first-order valence-corrected chi connectivity index (χ1v) is 9.45. The molecule has 3 rings (SSSR count). The fraction of sp³-hybridized carbons (Fsp3) is 0.381. The van der Waals surface area contributed by atoms with Gasteiger partial charge in [-0.1, -0.05) is 12.1 Å². The van der Waals surface area contributed by atoms with Crippen LogP contribution in [0.2, 0.25) is 0 Å². The van der Waals surface area contributed by atoms with Crippen LogP contribution in [0.25, 0.3) is 0 Å². The number of halogens is 7. The molecular weight excluding hydrogens is 429 g/mol. The van der Waals surface area contributed by atoms with Crippen molar-refractivity contribution in [1.29, 1.82) is 0 Å². The van der Waals surface area contributed by atoms with E-state index in [0.717, 1.165) is 0 Å². The average molecular weight is 448 g/mol. The Kier molecular flexibility index (Phi) is 6.31. The van der Waals surface area contributed by atoms with E-state index in [9.17, 15) is 35.5 Å². The highest BCUT2D eigenvalue weighted by atomic mass is 19.4. The van der Waals surface area contributed by atoms with Crippen molar-refractivity contribution in [3.8, 4) is 0 Å². The summed E-state index contributed by atoms with van der Waals surface area (Å²) < 4.78 is 92.1. The fourth-order valence-electron chi connectivity index (χ4n) is 3.61. The normalized spacial score (nSPS) is 21.0. The van der Waals surface area contributed by atoms with Crippen LogP contribution in [0.15, 0.2) is 42.5 Å². The van der Waals surface area contributed by atoms with Gasteiger partial charge in [-0.05, 0) is 54.8 Å². The number of carbonyl (C=O) groups excluding carboxylic acids is 1. The quantitative estimate of drug-likeness (QED) is 0.604. The second-order valence-corrected chi connectivity index (χ2v) is 7.47. The third kappa shape index (κ3) is 5.55. The number of rotatable bonds is 4. The molecule has 168 valence electrons. The molecule has 2 N–H and O–H groups in total. The lowest BCUT2D eigenvalue weighted by Crippen LogP contribution is -2.49. The van der Waals surface area contributed by atoms with Crippen molar-refractivity contribution in [3.63, 3.8) is 0 Å². The Morgan fingerprint density at radius 3 is 2.03 bits per heavy atom. The van der Waals surface area contributed by atoms with Gasteiger partial charge in [0.25, 0.3) is 0 Å². The summed E-state index contributed by atoms with van der Waals surface area (Å²) in [6.07, 6.45) is -9.43. The molecule has 2 aromatic rings. The minimum absolute atomic E-state index is 0.0817. The molecule has 2 aromatic carbocycles. The van der Waals surface area contributed by atoms with Gasteiger partial charge in [0.2, 0.25) is 5.91 Å². The summed E-state index contributed by atoms with van der Waals surface area (Å²) in [5, 5.41) is 5.78. The van der Waals surface area contributed by atoms with E-state index in [-0.39, 0.29) is 24.0 Å². The van der Waals surface area contributed by atoms with Crippen molar-refractivity contribution in [3.05, 3.63) is 70.5 Å². The van der Waals surface area contributed by atoms with Crippen LogP contribution in [0.5, 0.6) is 0 Å². The van der Waals surface area contributed by atoms with E-state index in [1.807, 2.05) is 0 Å². The highest BCUT2D eigenvalue weighted by Crippen LogP contribution is 2.38. The lowest BCUT2D eigenvalue weighted by Gasteiger charge is -2.35. The van der Waals surface area contributed by atoms with Gasteiger partial charge in [0.15, 0.2) is 0 Å². The van der Waals surface area contributed by atoms with Gasteiger partial charge in [-0.2, -0.15) is 26.3 Å². The number of hydrogen-bond donors (Lipinski definition) is 2. The first kappa shape index (κ1) is 23.1. The predicted molar refractivity (Wildman–Crippen MR) is 98.3 cm³/mol. The van der Waals surface area contributed by atoms with E-state index < -0.39 is 47.4 Å². The molecule has 10 heteroatoms. The molecule has 31 heavy (non-hydrogen) atoms. The molecule has 1 aliphatic rings. The van der Waals surface area contributed by atoms with Crippen molar-refractivity contribution in [2.75, 3.05) is 0 Å². The maximum Gasteiger partial charge on any atom is 0.416 e. The van der Waals surface area contributed by atoms with Gasteiger partial charge in [-0.15, -0.1) is 0 Å². The van der Waals surface area contributed by atoms with Gasteiger partial charge < -0.3 is 10.6 Å². The molecule has 1 unspecified atom stereocenters. The molecule has 0 aliphatic carbocycles. The Balaban J connectivity index is 1.90. The van der Waals surface area contributed by atoms with Gasteiger partial charge in [0.05, 0.1) is 17.2 Å². The molecule has 0 aromatic heterocycles. The summed E-state index contributed by atoms with van der Waals surface area (Å²) >= 11 is 0. The molecule has 1 amide bonds. The lowest BCUT2D eigenvalue weighted by atomic mass is 9.90. The largest absolute Gasteiger partial charge is 0.416 e. The smallest absolute Gasteiger partial charge is 0.348 e. The Bertz CT molecular complexity index is 906. The Morgan fingerprint density at radius 2 is 1.52 bits per heavy atom. The minimum Gasteiger partial charge on any atom is -0.348 e. The highest BCUT2D eigenvalue weighted by Gasteiger charge is 2.38. The standard InChI is InChI=1S/C21H19F7N2O/c1-11(13-8-14(20(23,24)25)10-15(9-13)21(26,27)28)29-17-6-7-18(31)30-19(17)12-2-4-16(22)5-3-12/h2-5,8-11,17,19,29H,6-7H2,1H3,(H,30,31)/t11?,17-,19-/m0/s1. The second kappa shape index (κ2) is 8.49. The Labute approximate surface area is 173 Å². The molecule has 1 aliphatic heterocycles. The number of nitrogens with one attached hydrogen (secondary N) is 2. The van der Waals surface area contributed by atoms with Gasteiger partial charge in [0.1, 0.15) is 5.82 Å². The van der Waals surface area contributed by atoms with Crippen LogP contribution in [-0.2, 0) is 17.1 Å². The number of carbonyl (C=O) groups is 1. The molecule has 3 atom stereocenters. The average Bonchev–Trinajstić information content (AvgIpc) is 2.68. The molecule has 1 fully saturated rings. The van der Waals surface area contributed by atoms with Gasteiger partial charge in [-0.3, -0.25) is 4.79 Å². The van der Waals surface area contributed by atoms with Crippen molar-refractivity contribution < 1.29 is 35.5 Å². The summed E-state index contributed by atoms with van der Waals surface area (Å²) in [6, 6.07) is 4.82. The van der Waals surface area contributed by atoms with E-state index >= 15 is 0 Å². The van der Waals surface area contributed by atoms with E-state index in [1.54, 1.807) is 0 Å².